The van der Waals surface area contributed by atoms with Crippen molar-refractivity contribution in [2.75, 3.05) is 11.9 Å². The minimum atomic E-state index is 0.562. The highest BCUT2D eigenvalue weighted by Gasteiger charge is 2.02. The molecule has 0 radical (unpaired) electrons. The van der Waals surface area contributed by atoms with Gasteiger partial charge in [-0.3, -0.25) is 0 Å². The Hall–Kier alpha value is -1.94. The first-order chi connectivity index (χ1) is 8.69. The van der Waals surface area contributed by atoms with Crippen molar-refractivity contribution in [2.24, 2.45) is 5.73 Å². The first kappa shape index (κ1) is 12.5. The number of hydrogen-bond donors (Lipinski definition) is 2. The molecular formula is C14H18N4. The monoisotopic (exact) mass is 242 g/mol. The summed E-state index contributed by atoms with van der Waals surface area (Å²) in [5.41, 5.74) is 9.00. The Morgan fingerprint density at radius 1 is 1.22 bits per heavy atom. The molecule has 1 aromatic carbocycles. The Labute approximate surface area is 107 Å². The summed E-state index contributed by atoms with van der Waals surface area (Å²) in [6.07, 6.45) is 2.45. The molecule has 94 valence electrons. The van der Waals surface area contributed by atoms with Crippen LogP contribution in [0.5, 0.6) is 0 Å². The van der Waals surface area contributed by atoms with E-state index in [9.17, 15) is 0 Å². The molecule has 0 aliphatic heterocycles. The molecule has 0 bridgehead atoms. The van der Waals surface area contributed by atoms with E-state index in [1.807, 2.05) is 6.07 Å². The van der Waals surface area contributed by atoms with Crippen molar-refractivity contribution in [1.29, 1.82) is 0 Å². The third kappa shape index (κ3) is 3.05. The number of nitrogens with two attached hydrogens (primary N) is 1. The average Bonchev–Trinajstić information content (AvgIpc) is 2.35. The minimum Gasteiger partial charge on any atom is -0.340 e. The number of nitrogens with zero attached hydrogens (tertiary/aromatic N) is 2. The topological polar surface area (TPSA) is 63.8 Å². The van der Waals surface area contributed by atoms with Gasteiger partial charge in [0.25, 0.3) is 0 Å². The molecule has 0 aliphatic carbocycles. The molecule has 0 amide bonds. The summed E-state index contributed by atoms with van der Waals surface area (Å²) in [7, 11) is 0. The van der Waals surface area contributed by atoms with Crippen LogP contribution in [-0.4, -0.2) is 16.5 Å². The third-order valence-electron chi connectivity index (χ3n) is 2.73. The van der Waals surface area contributed by atoms with E-state index in [0.717, 1.165) is 17.3 Å². The number of nitrogens with one attached hydrogen (secondary N) is 1. The standard InChI is InChI=1S/C14H18N4/c1-10-3-4-11(2)12(9-10)17-14-6-8-16-13(18-14)5-7-15/h3-4,6,8-9H,5,7,15H2,1-2H3,(H,16,17,18). The van der Waals surface area contributed by atoms with Gasteiger partial charge in [0.2, 0.25) is 0 Å². The lowest BCUT2D eigenvalue weighted by Gasteiger charge is -2.10. The summed E-state index contributed by atoms with van der Waals surface area (Å²) in [6, 6.07) is 8.17. The zero-order valence-electron chi connectivity index (χ0n) is 10.8. The van der Waals surface area contributed by atoms with E-state index >= 15 is 0 Å². The van der Waals surface area contributed by atoms with E-state index in [0.29, 0.717) is 13.0 Å². The highest BCUT2D eigenvalue weighted by atomic mass is 15.0. The van der Waals surface area contributed by atoms with Gasteiger partial charge < -0.3 is 11.1 Å². The molecular weight excluding hydrogens is 224 g/mol. The minimum absolute atomic E-state index is 0.562. The van der Waals surface area contributed by atoms with Crippen LogP contribution in [0.3, 0.4) is 0 Å². The first-order valence-corrected chi connectivity index (χ1v) is 6.05. The van der Waals surface area contributed by atoms with Crippen LogP contribution in [0.2, 0.25) is 0 Å². The van der Waals surface area contributed by atoms with Crippen LogP contribution < -0.4 is 11.1 Å². The van der Waals surface area contributed by atoms with Gasteiger partial charge in [0.1, 0.15) is 11.6 Å². The summed E-state index contributed by atoms with van der Waals surface area (Å²) in [6.45, 7) is 4.71. The van der Waals surface area contributed by atoms with Crippen molar-refractivity contribution in [3.05, 3.63) is 47.4 Å². The summed E-state index contributed by atoms with van der Waals surface area (Å²) in [4.78, 5) is 8.61. The van der Waals surface area contributed by atoms with Gasteiger partial charge in [-0.2, -0.15) is 0 Å². The van der Waals surface area contributed by atoms with Gasteiger partial charge in [0.15, 0.2) is 0 Å². The lowest BCUT2D eigenvalue weighted by Crippen LogP contribution is -2.07. The van der Waals surface area contributed by atoms with Gasteiger partial charge in [0.05, 0.1) is 0 Å². The van der Waals surface area contributed by atoms with Crippen molar-refractivity contribution in [3.8, 4) is 0 Å². The van der Waals surface area contributed by atoms with E-state index in [2.05, 4.69) is 47.3 Å². The zero-order valence-corrected chi connectivity index (χ0v) is 10.8. The van der Waals surface area contributed by atoms with Gasteiger partial charge in [-0.05, 0) is 43.7 Å². The zero-order chi connectivity index (χ0) is 13.0. The largest absolute Gasteiger partial charge is 0.340 e. The fourth-order valence-corrected chi connectivity index (χ4v) is 1.73. The van der Waals surface area contributed by atoms with Crippen LogP contribution in [-0.2, 0) is 6.42 Å². The Kier molecular flexibility index (Phi) is 3.89. The van der Waals surface area contributed by atoms with Gasteiger partial charge in [-0.15, -0.1) is 0 Å². The SMILES string of the molecule is Cc1ccc(C)c(Nc2ccnc(CCN)n2)c1. The smallest absolute Gasteiger partial charge is 0.134 e. The van der Waals surface area contributed by atoms with Crippen molar-refractivity contribution in [1.82, 2.24) is 9.97 Å². The summed E-state index contributed by atoms with van der Waals surface area (Å²) < 4.78 is 0. The first-order valence-electron chi connectivity index (χ1n) is 6.05. The number of benzene rings is 1. The Morgan fingerprint density at radius 3 is 2.83 bits per heavy atom. The van der Waals surface area contributed by atoms with Crippen LogP contribution in [0.1, 0.15) is 17.0 Å². The predicted molar refractivity (Wildman–Crippen MR) is 74.0 cm³/mol. The Balaban J connectivity index is 2.22. The van der Waals surface area contributed by atoms with E-state index in [4.69, 9.17) is 5.73 Å². The highest BCUT2D eigenvalue weighted by molar-refractivity contribution is 5.61. The maximum absolute atomic E-state index is 5.51. The second-order valence-electron chi connectivity index (χ2n) is 4.34. The molecule has 0 aliphatic rings. The lowest BCUT2D eigenvalue weighted by molar-refractivity contribution is 0.869. The Bertz CT molecular complexity index is 537. The number of hydrogen-bond acceptors (Lipinski definition) is 4. The van der Waals surface area contributed by atoms with Gasteiger partial charge in [-0.25, -0.2) is 9.97 Å². The molecule has 0 saturated heterocycles. The van der Waals surface area contributed by atoms with Gasteiger partial charge >= 0.3 is 0 Å². The lowest BCUT2D eigenvalue weighted by atomic mass is 10.1. The third-order valence-corrected chi connectivity index (χ3v) is 2.73. The molecule has 0 unspecified atom stereocenters. The molecule has 3 N–H and O–H groups in total. The van der Waals surface area contributed by atoms with Crippen LogP contribution in [0.4, 0.5) is 11.5 Å². The van der Waals surface area contributed by atoms with Gasteiger partial charge in [0, 0.05) is 18.3 Å². The van der Waals surface area contributed by atoms with Crippen molar-refractivity contribution >= 4 is 11.5 Å². The van der Waals surface area contributed by atoms with E-state index in [1.54, 1.807) is 6.20 Å². The fraction of sp³-hybridized carbons (Fsp3) is 0.286. The normalized spacial score (nSPS) is 10.4. The number of aryl methyl sites for hydroxylation is 2. The van der Waals surface area contributed by atoms with Crippen molar-refractivity contribution < 1.29 is 0 Å². The summed E-state index contributed by atoms with van der Waals surface area (Å²) in [5, 5.41) is 3.32. The molecule has 2 rings (SSSR count). The molecule has 4 heteroatoms. The molecule has 2 aromatic rings. The number of rotatable bonds is 4. The molecule has 1 heterocycles. The molecule has 0 fully saturated rings. The summed E-state index contributed by atoms with van der Waals surface area (Å²) >= 11 is 0. The maximum Gasteiger partial charge on any atom is 0.134 e. The molecule has 1 aromatic heterocycles. The molecule has 0 saturated carbocycles. The van der Waals surface area contributed by atoms with Crippen molar-refractivity contribution in [3.63, 3.8) is 0 Å². The second kappa shape index (κ2) is 5.60. The predicted octanol–water partition coefficient (Wildman–Crippen LogP) is 2.34. The van der Waals surface area contributed by atoms with Crippen LogP contribution >= 0.6 is 0 Å². The number of anilines is 2. The summed E-state index contributed by atoms with van der Waals surface area (Å²) in [5.74, 6) is 1.58. The van der Waals surface area contributed by atoms with Gasteiger partial charge in [-0.1, -0.05) is 12.1 Å². The van der Waals surface area contributed by atoms with Crippen LogP contribution in [0.25, 0.3) is 0 Å². The fourth-order valence-electron chi connectivity index (χ4n) is 1.73. The van der Waals surface area contributed by atoms with E-state index in [1.165, 1.54) is 11.1 Å². The van der Waals surface area contributed by atoms with E-state index < -0.39 is 0 Å². The van der Waals surface area contributed by atoms with Crippen molar-refractivity contribution in [2.45, 2.75) is 20.3 Å². The van der Waals surface area contributed by atoms with Crippen LogP contribution in [0.15, 0.2) is 30.5 Å². The molecule has 18 heavy (non-hydrogen) atoms. The molecule has 4 nitrogen and oxygen atoms in total. The van der Waals surface area contributed by atoms with E-state index in [-0.39, 0.29) is 0 Å². The van der Waals surface area contributed by atoms with Crippen LogP contribution in [0, 0.1) is 13.8 Å². The number of aromatic nitrogens is 2. The maximum atomic E-state index is 5.51. The molecule has 0 spiro atoms. The molecule has 0 atom stereocenters. The quantitative estimate of drug-likeness (QED) is 0.863. The second-order valence-corrected chi connectivity index (χ2v) is 4.34. The highest BCUT2D eigenvalue weighted by Crippen LogP contribution is 2.20. The Morgan fingerprint density at radius 2 is 2.06 bits per heavy atom. The average molecular weight is 242 g/mol.